The molecule has 0 aliphatic carbocycles. The standard InChI is InChI=1S/C48H31N5/c1-5-15-32(16-6-1)41-30-42(33-17-7-2-8-18-33)50-48(49-41)53-45-27-34-25-26-51(35-19-9-3-10-20-35)44(34)29-40(45)39-28-38-37-23-13-14-24-43(37)52(46(38)31-47(39)53)36-21-11-4-12-22-36/h1-31H. The summed E-state index contributed by atoms with van der Waals surface area (Å²) in [7, 11) is 0. The molecule has 0 N–H and O–H groups in total. The van der Waals surface area contributed by atoms with Gasteiger partial charge in [0.15, 0.2) is 0 Å². The van der Waals surface area contributed by atoms with Crippen molar-refractivity contribution < 1.29 is 0 Å². The number of benzene rings is 7. The Morgan fingerprint density at radius 3 is 1.55 bits per heavy atom. The maximum absolute atomic E-state index is 5.35. The molecule has 0 aliphatic heterocycles. The van der Waals surface area contributed by atoms with E-state index in [-0.39, 0.29) is 0 Å². The van der Waals surface area contributed by atoms with Gasteiger partial charge >= 0.3 is 0 Å². The Balaban J connectivity index is 1.29. The van der Waals surface area contributed by atoms with E-state index in [0.717, 1.165) is 72.1 Å². The molecule has 0 bridgehead atoms. The molecule has 5 heteroatoms. The van der Waals surface area contributed by atoms with Crippen LogP contribution in [0, 0.1) is 0 Å². The maximum Gasteiger partial charge on any atom is 0.235 e. The van der Waals surface area contributed by atoms with Gasteiger partial charge < -0.3 is 9.13 Å². The summed E-state index contributed by atoms with van der Waals surface area (Å²) in [5, 5.41) is 5.88. The van der Waals surface area contributed by atoms with Gasteiger partial charge in [0.1, 0.15) is 0 Å². The monoisotopic (exact) mass is 677 g/mol. The molecule has 0 fully saturated rings. The molecule has 7 aromatic carbocycles. The molecule has 0 aliphatic rings. The Bertz CT molecular complexity index is 3080. The van der Waals surface area contributed by atoms with E-state index in [1.165, 1.54) is 16.3 Å². The summed E-state index contributed by atoms with van der Waals surface area (Å²) in [5.74, 6) is 0.633. The lowest BCUT2D eigenvalue weighted by atomic mass is 10.1. The molecule has 11 rings (SSSR count). The van der Waals surface area contributed by atoms with Gasteiger partial charge in [-0.05, 0) is 66.7 Å². The molecule has 248 valence electrons. The van der Waals surface area contributed by atoms with Crippen LogP contribution >= 0.6 is 0 Å². The number of hydrogen-bond donors (Lipinski definition) is 0. The highest BCUT2D eigenvalue weighted by atomic mass is 15.2. The van der Waals surface area contributed by atoms with E-state index < -0.39 is 0 Å². The fraction of sp³-hybridized carbons (Fsp3) is 0. The van der Waals surface area contributed by atoms with Gasteiger partial charge in [-0.2, -0.15) is 0 Å². The van der Waals surface area contributed by atoms with Crippen LogP contribution in [0.1, 0.15) is 0 Å². The van der Waals surface area contributed by atoms with Crippen LogP contribution in [0.4, 0.5) is 0 Å². The second-order valence-corrected chi connectivity index (χ2v) is 13.5. The van der Waals surface area contributed by atoms with Crippen LogP contribution in [0.5, 0.6) is 0 Å². The Morgan fingerprint density at radius 2 is 0.868 bits per heavy atom. The summed E-state index contributed by atoms with van der Waals surface area (Å²) in [6.45, 7) is 0. The number of para-hydroxylation sites is 3. The average molecular weight is 678 g/mol. The first-order valence-corrected chi connectivity index (χ1v) is 17.9. The first kappa shape index (κ1) is 29.5. The zero-order valence-corrected chi connectivity index (χ0v) is 28.6. The van der Waals surface area contributed by atoms with Crippen molar-refractivity contribution in [3.05, 3.63) is 188 Å². The highest BCUT2D eigenvalue weighted by molar-refractivity contribution is 6.20. The molecule has 0 unspecified atom stereocenters. The molecule has 5 nitrogen and oxygen atoms in total. The van der Waals surface area contributed by atoms with Crippen LogP contribution in [0.2, 0.25) is 0 Å². The van der Waals surface area contributed by atoms with Crippen molar-refractivity contribution in [2.24, 2.45) is 0 Å². The molecule has 4 aromatic heterocycles. The van der Waals surface area contributed by atoms with Crippen LogP contribution < -0.4 is 0 Å². The van der Waals surface area contributed by atoms with Crippen molar-refractivity contribution in [2.75, 3.05) is 0 Å². The summed E-state index contributed by atoms with van der Waals surface area (Å²) < 4.78 is 6.93. The van der Waals surface area contributed by atoms with E-state index in [9.17, 15) is 0 Å². The maximum atomic E-state index is 5.35. The van der Waals surface area contributed by atoms with E-state index in [4.69, 9.17) is 9.97 Å². The topological polar surface area (TPSA) is 40.6 Å². The SMILES string of the molecule is c1ccc(-c2cc(-c3ccccc3)nc(-n3c4cc5ccn(-c6ccccc6)c5cc4c4cc5c6ccccc6n(-c6ccccc6)c5cc43)n2)cc1. The zero-order chi connectivity index (χ0) is 34.9. The highest BCUT2D eigenvalue weighted by Gasteiger charge is 2.22. The summed E-state index contributed by atoms with van der Waals surface area (Å²) in [6, 6.07) is 64.4. The van der Waals surface area contributed by atoms with E-state index in [1.54, 1.807) is 0 Å². The van der Waals surface area contributed by atoms with Crippen molar-refractivity contribution >= 4 is 54.5 Å². The minimum atomic E-state index is 0.633. The van der Waals surface area contributed by atoms with Crippen molar-refractivity contribution in [1.29, 1.82) is 0 Å². The highest BCUT2D eigenvalue weighted by Crippen LogP contribution is 2.41. The van der Waals surface area contributed by atoms with Crippen molar-refractivity contribution in [2.45, 2.75) is 0 Å². The smallest absolute Gasteiger partial charge is 0.235 e. The van der Waals surface area contributed by atoms with Crippen molar-refractivity contribution in [3.8, 4) is 39.8 Å². The molecule has 53 heavy (non-hydrogen) atoms. The second kappa shape index (κ2) is 11.7. The van der Waals surface area contributed by atoms with E-state index >= 15 is 0 Å². The average Bonchev–Trinajstić information content (AvgIpc) is 3.89. The summed E-state index contributed by atoms with van der Waals surface area (Å²) in [5.41, 5.74) is 11.7. The number of fused-ring (bicyclic) bond motifs is 7. The van der Waals surface area contributed by atoms with Gasteiger partial charge in [-0.3, -0.25) is 4.57 Å². The molecule has 11 aromatic rings. The van der Waals surface area contributed by atoms with Crippen LogP contribution in [0.3, 0.4) is 0 Å². The molecule has 0 atom stereocenters. The van der Waals surface area contributed by atoms with Gasteiger partial charge in [0.05, 0.1) is 39.0 Å². The van der Waals surface area contributed by atoms with Crippen LogP contribution in [0.25, 0.3) is 94.4 Å². The van der Waals surface area contributed by atoms with Gasteiger partial charge in [0, 0.05) is 55.6 Å². The predicted molar refractivity (Wildman–Crippen MR) is 218 cm³/mol. The van der Waals surface area contributed by atoms with Gasteiger partial charge in [-0.1, -0.05) is 115 Å². The largest absolute Gasteiger partial charge is 0.317 e. The van der Waals surface area contributed by atoms with Crippen LogP contribution in [-0.2, 0) is 0 Å². The van der Waals surface area contributed by atoms with Crippen LogP contribution in [-0.4, -0.2) is 23.7 Å². The molecular formula is C48H31N5. The minimum absolute atomic E-state index is 0.633. The van der Waals surface area contributed by atoms with Gasteiger partial charge in [0.2, 0.25) is 5.95 Å². The number of hydrogen-bond acceptors (Lipinski definition) is 2. The number of rotatable bonds is 5. The summed E-state index contributed by atoms with van der Waals surface area (Å²) in [6.07, 6.45) is 2.16. The third-order valence-electron chi connectivity index (χ3n) is 10.5. The van der Waals surface area contributed by atoms with Gasteiger partial charge in [-0.25, -0.2) is 9.97 Å². The molecule has 0 saturated heterocycles. The molecule has 0 amide bonds. The first-order valence-electron chi connectivity index (χ1n) is 17.9. The lowest BCUT2D eigenvalue weighted by Crippen LogP contribution is -2.04. The number of aromatic nitrogens is 5. The van der Waals surface area contributed by atoms with E-state index in [1.807, 2.05) is 12.1 Å². The molecule has 0 spiro atoms. The second-order valence-electron chi connectivity index (χ2n) is 13.5. The Labute approximate surface area is 305 Å². The molecule has 0 radical (unpaired) electrons. The summed E-state index contributed by atoms with van der Waals surface area (Å²) in [4.78, 5) is 10.7. The third-order valence-corrected chi connectivity index (χ3v) is 10.5. The molecule has 0 saturated carbocycles. The fourth-order valence-corrected chi connectivity index (χ4v) is 8.04. The fourth-order valence-electron chi connectivity index (χ4n) is 8.04. The lowest BCUT2D eigenvalue weighted by Gasteiger charge is -2.12. The van der Waals surface area contributed by atoms with Crippen molar-refractivity contribution in [1.82, 2.24) is 23.7 Å². The normalized spacial score (nSPS) is 11.8. The van der Waals surface area contributed by atoms with Crippen LogP contribution in [0.15, 0.2) is 188 Å². The minimum Gasteiger partial charge on any atom is -0.317 e. The third kappa shape index (κ3) is 4.64. The summed E-state index contributed by atoms with van der Waals surface area (Å²) >= 11 is 0. The van der Waals surface area contributed by atoms with E-state index in [2.05, 4.69) is 190 Å². The van der Waals surface area contributed by atoms with Gasteiger partial charge in [-0.15, -0.1) is 0 Å². The van der Waals surface area contributed by atoms with Crippen molar-refractivity contribution in [3.63, 3.8) is 0 Å². The molecule has 4 heterocycles. The Kier molecular flexibility index (Phi) is 6.48. The zero-order valence-electron chi connectivity index (χ0n) is 28.6. The lowest BCUT2D eigenvalue weighted by molar-refractivity contribution is 0.996. The quantitative estimate of drug-likeness (QED) is 0.182. The number of nitrogens with zero attached hydrogens (tertiary/aromatic N) is 5. The predicted octanol–water partition coefficient (Wildman–Crippen LogP) is 11.9. The van der Waals surface area contributed by atoms with E-state index in [0.29, 0.717) is 5.95 Å². The Hall–Kier alpha value is -7.24. The van der Waals surface area contributed by atoms with Gasteiger partial charge in [0.25, 0.3) is 0 Å². The Morgan fingerprint density at radius 1 is 0.340 bits per heavy atom. The first-order chi connectivity index (χ1) is 26.3. The molecular weight excluding hydrogens is 647 g/mol.